The highest BCUT2D eigenvalue weighted by molar-refractivity contribution is 5.90. The molecule has 0 unspecified atom stereocenters. The number of benzene rings is 1. The quantitative estimate of drug-likeness (QED) is 0.844. The van der Waals surface area contributed by atoms with Gasteiger partial charge in [-0.15, -0.1) is 0 Å². The number of likely N-dealkylation sites (tertiary alicyclic amines) is 1. The Kier molecular flexibility index (Phi) is 3.64. The second kappa shape index (κ2) is 5.19. The summed E-state index contributed by atoms with van der Waals surface area (Å²) in [6.45, 7) is 2.82. The average Bonchev–Trinajstić information content (AvgIpc) is 2.27. The molecular formula is C13H17NO3. The van der Waals surface area contributed by atoms with Gasteiger partial charge in [0.15, 0.2) is 0 Å². The van der Waals surface area contributed by atoms with Gasteiger partial charge in [-0.1, -0.05) is 12.1 Å². The van der Waals surface area contributed by atoms with Gasteiger partial charge in [0, 0.05) is 13.1 Å². The van der Waals surface area contributed by atoms with E-state index in [-0.39, 0.29) is 5.56 Å². The van der Waals surface area contributed by atoms with Crippen molar-refractivity contribution < 1.29 is 14.6 Å². The van der Waals surface area contributed by atoms with Crippen LogP contribution in [-0.4, -0.2) is 42.7 Å². The summed E-state index contributed by atoms with van der Waals surface area (Å²) in [5.74, 6) is 0.216. The second-order valence-electron chi connectivity index (χ2n) is 4.53. The molecule has 4 nitrogen and oxygen atoms in total. The average molecular weight is 235 g/mol. The van der Waals surface area contributed by atoms with Crippen molar-refractivity contribution in [3.8, 4) is 5.75 Å². The number of carboxylic acid groups (broad SMARTS) is 1. The van der Waals surface area contributed by atoms with E-state index in [0.29, 0.717) is 18.3 Å². The zero-order valence-electron chi connectivity index (χ0n) is 9.93. The topological polar surface area (TPSA) is 49.8 Å². The summed E-state index contributed by atoms with van der Waals surface area (Å²) in [6, 6.07) is 6.77. The maximum atomic E-state index is 10.9. The van der Waals surface area contributed by atoms with Crippen LogP contribution in [0.4, 0.5) is 0 Å². The number of carbonyl (C=O) groups is 1. The monoisotopic (exact) mass is 235 g/mol. The molecule has 0 saturated carbocycles. The Labute approximate surface area is 101 Å². The number of rotatable bonds is 5. The molecular weight excluding hydrogens is 218 g/mol. The van der Waals surface area contributed by atoms with Crippen LogP contribution in [0, 0.1) is 5.92 Å². The number of hydrogen-bond donors (Lipinski definition) is 1. The predicted molar refractivity (Wildman–Crippen MR) is 64.5 cm³/mol. The van der Waals surface area contributed by atoms with Crippen LogP contribution in [0.2, 0.25) is 0 Å². The lowest BCUT2D eigenvalue weighted by Gasteiger charge is -2.36. The molecule has 1 aliphatic rings. The Morgan fingerprint density at radius 1 is 1.47 bits per heavy atom. The molecule has 0 bridgehead atoms. The number of carboxylic acids is 1. The molecule has 0 atom stereocenters. The standard InChI is InChI=1S/C13H17NO3/c1-14-8-10(9-14)6-7-17-12-5-3-2-4-11(12)13(15)16/h2-5,10H,6-9H2,1H3,(H,15,16). The molecule has 4 heteroatoms. The third kappa shape index (κ3) is 2.97. The van der Waals surface area contributed by atoms with Crippen LogP contribution in [0.5, 0.6) is 5.75 Å². The van der Waals surface area contributed by atoms with E-state index in [9.17, 15) is 4.79 Å². The first-order valence-electron chi connectivity index (χ1n) is 5.80. The van der Waals surface area contributed by atoms with Gasteiger partial charge in [0.05, 0.1) is 6.61 Å². The molecule has 1 aromatic rings. The van der Waals surface area contributed by atoms with Crippen LogP contribution in [0.3, 0.4) is 0 Å². The van der Waals surface area contributed by atoms with Crippen LogP contribution in [0.1, 0.15) is 16.8 Å². The van der Waals surface area contributed by atoms with Crippen molar-refractivity contribution in [1.82, 2.24) is 4.90 Å². The summed E-state index contributed by atoms with van der Waals surface area (Å²) in [6.07, 6.45) is 0.984. The molecule has 1 aromatic carbocycles. The van der Waals surface area contributed by atoms with E-state index in [1.54, 1.807) is 24.3 Å². The summed E-state index contributed by atoms with van der Waals surface area (Å²) < 4.78 is 5.54. The first kappa shape index (κ1) is 11.9. The third-order valence-electron chi connectivity index (χ3n) is 3.04. The van der Waals surface area contributed by atoms with Crippen LogP contribution in [-0.2, 0) is 0 Å². The van der Waals surface area contributed by atoms with Crippen molar-refractivity contribution in [3.05, 3.63) is 29.8 Å². The van der Waals surface area contributed by atoms with E-state index >= 15 is 0 Å². The van der Waals surface area contributed by atoms with Crippen LogP contribution in [0.15, 0.2) is 24.3 Å². The normalized spacial score (nSPS) is 16.5. The van der Waals surface area contributed by atoms with Gasteiger partial charge in [-0.05, 0) is 31.5 Å². The van der Waals surface area contributed by atoms with Crippen molar-refractivity contribution in [1.29, 1.82) is 0 Å². The molecule has 92 valence electrons. The Balaban J connectivity index is 1.84. The predicted octanol–water partition coefficient (Wildman–Crippen LogP) is 1.72. The van der Waals surface area contributed by atoms with E-state index in [4.69, 9.17) is 9.84 Å². The van der Waals surface area contributed by atoms with Gasteiger partial charge in [0.1, 0.15) is 11.3 Å². The largest absolute Gasteiger partial charge is 0.493 e. The Hall–Kier alpha value is -1.55. The number of nitrogens with zero attached hydrogens (tertiary/aromatic N) is 1. The van der Waals surface area contributed by atoms with E-state index in [2.05, 4.69) is 11.9 Å². The summed E-state index contributed by atoms with van der Waals surface area (Å²) in [5, 5.41) is 8.98. The third-order valence-corrected chi connectivity index (χ3v) is 3.04. The Bertz CT molecular complexity index is 399. The molecule has 17 heavy (non-hydrogen) atoms. The minimum Gasteiger partial charge on any atom is -0.493 e. The van der Waals surface area contributed by atoms with E-state index < -0.39 is 5.97 Å². The van der Waals surface area contributed by atoms with Gasteiger partial charge >= 0.3 is 5.97 Å². The molecule has 0 aliphatic carbocycles. The zero-order valence-corrected chi connectivity index (χ0v) is 9.93. The first-order valence-corrected chi connectivity index (χ1v) is 5.80. The summed E-state index contributed by atoms with van der Waals surface area (Å²) in [7, 11) is 2.09. The second-order valence-corrected chi connectivity index (χ2v) is 4.53. The molecule has 1 saturated heterocycles. The number of para-hydroxylation sites is 1. The SMILES string of the molecule is CN1CC(CCOc2ccccc2C(=O)O)C1. The van der Waals surface area contributed by atoms with Crippen molar-refractivity contribution >= 4 is 5.97 Å². The smallest absolute Gasteiger partial charge is 0.339 e. The lowest BCUT2D eigenvalue weighted by molar-refractivity contribution is 0.0690. The van der Waals surface area contributed by atoms with Crippen molar-refractivity contribution in [2.75, 3.05) is 26.7 Å². The fraction of sp³-hybridized carbons (Fsp3) is 0.462. The maximum absolute atomic E-state index is 10.9. The van der Waals surface area contributed by atoms with Gasteiger partial charge in [-0.25, -0.2) is 4.79 Å². The highest BCUT2D eigenvalue weighted by Crippen LogP contribution is 2.20. The fourth-order valence-electron chi connectivity index (χ4n) is 2.12. The summed E-state index contributed by atoms with van der Waals surface area (Å²) in [4.78, 5) is 13.2. The molecule has 0 spiro atoms. The highest BCUT2D eigenvalue weighted by atomic mass is 16.5. The van der Waals surface area contributed by atoms with Crippen molar-refractivity contribution in [2.24, 2.45) is 5.92 Å². The minimum absolute atomic E-state index is 0.234. The zero-order chi connectivity index (χ0) is 12.3. The first-order chi connectivity index (χ1) is 8.16. The lowest BCUT2D eigenvalue weighted by Crippen LogP contribution is -2.44. The van der Waals surface area contributed by atoms with Crippen LogP contribution in [0.25, 0.3) is 0 Å². The number of aromatic carboxylic acids is 1. The molecule has 1 fully saturated rings. The van der Waals surface area contributed by atoms with E-state index in [1.165, 1.54) is 0 Å². The van der Waals surface area contributed by atoms with Gasteiger partial charge in [0.25, 0.3) is 0 Å². The summed E-state index contributed by atoms with van der Waals surface area (Å²) in [5.41, 5.74) is 0.234. The van der Waals surface area contributed by atoms with E-state index in [1.807, 2.05) is 0 Å². The molecule has 1 aliphatic heterocycles. The van der Waals surface area contributed by atoms with Gasteiger partial charge in [-0.2, -0.15) is 0 Å². The summed E-state index contributed by atoms with van der Waals surface area (Å²) >= 11 is 0. The van der Waals surface area contributed by atoms with Crippen LogP contribution < -0.4 is 4.74 Å². The molecule has 2 rings (SSSR count). The lowest BCUT2D eigenvalue weighted by atomic mass is 9.98. The number of hydrogen-bond acceptors (Lipinski definition) is 3. The van der Waals surface area contributed by atoms with Crippen LogP contribution >= 0.6 is 0 Å². The molecule has 0 aromatic heterocycles. The Morgan fingerprint density at radius 3 is 2.82 bits per heavy atom. The minimum atomic E-state index is -0.941. The van der Waals surface area contributed by atoms with Gasteiger partial charge < -0.3 is 14.7 Å². The Morgan fingerprint density at radius 2 is 2.18 bits per heavy atom. The molecule has 0 radical (unpaired) electrons. The van der Waals surface area contributed by atoms with Gasteiger partial charge in [-0.3, -0.25) is 0 Å². The maximum Gasteiger partial charge on any atom is 0.339 e. The highest BCUT2D eigenvalue weighted by Gasteiger charge is 2.22. The molecule has 1 N–H and O–H groups in total. The van der Waals surface area contributed by atoms with Crippen molar-refractivity contribution in [2.45, 2.75) is 6.42 Å². The van der Waals surface area contributed by atoms with E-state index in [0.717, 1.165) is 19.5 Å². The van der Waals surface area contributed by atoms with Crippen molar-refractivity contribution in [3.63, 3.8) is 0 Å². The molecule has 0 amide bonds. The van der Waals surface area contributed by atoms with Gasteiger partial charge in [0.2, 0.25) is 0 Å². The number of ether oxygens (including phenoxy) is 1. The molecule has 1 heterocycles. The fourth-order valence-corrected chi connectivity index (χ4v) is 2.12.